The Labute approximate surface area is 198 Å². The van der Waals surface area contributed by atoms with Crippen molar-refractivity contribution in [2.45, 2.75) is 23.8 Å². The van der Waals surface area contributed by atoms with E-state index in [0.717, 1.165) is 19.4 Å². The number of rotatable bonds is 7. The lowest BCUT2D eigenvalue weighted by molar-refractivity contribution is 0.0730. The van der Waals surface area contributed by atoms with E-state index in [1.54, 1.807) is 30.3 Å². The maximum absolute atomic E-state index is 13.2. The molecule has 3 aliphatic heterocycles. The number of benzene rings is 2. The van der Waals surface area contributed by atoms with Crippen LogP contribution in [0.3, 0.4) is 0 Å². The van der Waals surface area contributed by atoms with Crippen LogP contribution in [-0.4, -0.2) is 71.0 Å². The second kappa shape index (κ2) is 9.79. The Kier molecular flexibility index (Phi) is 6.59. The van der Waals surface area contributed by atoms with Crippen LogP contribution in [0.5, 0.6) is 11.5 Å². The van der Waals surface area contributed by atoms with E-state index in [0.29, 0.717) is 48.2 Å². The summed E-state index contributed by atoms with van der Waals surface area (Å²) >= 11 is 0. The molecule has 182 valence electrons. The minimum atomic E-state index is -3.74. The highest BCUT2D eigenvalue weighted by atomic mass is 32.2. The molecule has 10 nitrogen and oxygen atoms in total. The molecule has 2 aromatic carbocycles. The highest BCUT2D eigenvalue weighted by Crippen LogP contribution is 2.36. The van der Waals surface area contributed by atoms with Gasteiger partial charge in [-0.1, -0.05) is 6.07 Å². The van der Waals surface area contributed by atoms with Gasteiger partial charge < -0.3 is 29.6 Å². The van der Waals surface area contributed by atoms with Crippen LogP contribution in [0.4, 0.5) is 11.4 Å². The fourth-order valence-corrected chi connectivity index (χ4v) is 5.64. The van der Waals surface area contributed by atoms with Crippen molar-refractivity contribution in [3.05, 3.63) is 42.0 Å². The molecule has 34 heavy (non-hydrogen) atoms. The molecule has 2 saturated heterocycles. The van der Waals surface area contributed by atoms with Gasteiger partial charge in [0.25, 0.3) is 5.91 Å². The number of carbonyl (C=O) groups is 1. The number of amides is 1. The van der Waals surface area contributed by atoms with Crippen molar-refractivity contribution in [3.63, 3.8) is 0 Å². The predicted octanol–water partition coefficient (Wildman–Crippen LogP) is 2.28. The van der Waals surface area contributed by atoms with Gasteiger partial charge in [0, 0.05) is 26.2 Å². The molecule has 0 aliphatic carbocycles. The van der Waals surface area contributed by atoms with Crippen molar-refractivity contribution in [3.8, 4) is 11.5 Å². The number of nitrogens with zero attached hydrogens (tertiary/aromatic N) is 1. The Balaban J connectivity index is 1.44. The zero-order valence-electron chi connectivity index (χ0n) is 18.6. The van der Waals surface area contributed by atoms with Gasteiger partial charge >= 0.3 is 0 Å². The van der Waals surface area contributed by atoms with Gasteiger partial charge in [-0.2, -0.15) is 4.31 Å². The first-order valence-corrected chi connectivity index (χ1v) is 12.7. The Morgan fingerprint density at radius 2 is 1.91 bits per heavy atom. The van der Waals surface area contributed by atoms with Gasteiger partial charge in [-0.05, 0) is 43.2 Å². The molecule has 0 radical (unpaired) electrons. The highest BCUT2D eigenvalue weighted by molar-refractivity contribution is 7.89. The van der Waals surface area contributed by atoms with Gasteiger partial charge in [0.05, 0.1) is 41.2 Å². The number of sulfonamides is 1. The number of hydrogen-bond acceptors (Lipinski definition) is 8. The number of morpholine rings is 1. The lowest BCUT2D eigenvalue weighted by Gasteiger charge is -2.26. The van der Waals surface area contributed by atoms with E-state index < -0.39 is 15.9 Å². The van der Waals surface area contributed by atoms with E-state index in [9.17, 15) is 13.2 Å². The Morgan fingerprint density at radius 3 is 2.71 bits per heavy atom. The molecule has 0 bridgehead atoms. The quantitative estimate of drug-likeness (QED) is 0.609. The highest BCUT2D eigenvalue weighted by Gasteiger charge is 2.28. The third kappa shape index (κ3) is 4.69. The second-order valence-corrected chi connectivity index (χ2v) is 10.2. The molecule has 11 heteroatoms. The third-order valence-electron chi connectivity index (χ3n) is 6.03. The number of carbonyl (C=O) groups excluding carboxylic acids is 1. The number of fused-ring (bicyclic) bond motifs is 1. The SMILES string of the molecule is O=C(Nc1cc(S(=O)(=O)N2CCOCC2)ccc1NCC1CCCO1)c1cccc2c1OCO2. The standard InChI is InChI=1S/C23H27N3O7S/c27-23(18-4-1-5-21-22(18)33-15-32-21)25-20-13-17(34(28,29)26-8-11-30-12-9-26)6-7-19(20)24-14-16-3-2-10-31-16/h1,4-7,13,16,24H,2-3,8-12,14-15H2,(H,25,27). The van der Waals surface area contributed by atoms with E-state index in [-0.39, 0.29) is 30.9 Å². The van der Waals surface area contributed by atoms with Crippen molar-refractivity contribution in [1.29, 1.82) is 0 Å². The monoisotopic (exact) mass is 489 g/mol. The lowest BCUT2D eigenvalue weighted by Crippen LogP contribution is -2.40. The number of ether oxygens (including phenoxy) is 4. The molecular formula is C23H27N3O7S. The van der Waals surface area contributed by atoms with Crippen LogP contribution >= 0.6 is 0 Å². The summed E-state index contributed by atoms with van der Waals surface area (Å²) in [6, 6.07) is 9.78. The number of anilines is 2. The van der Waals surface area contributed by atoms with Crippen molar-refractivity contribution >= 4 is 27.3 Å². The maximum atomic E-state index is 13.2. The molecule has 2 fully saturated rings. The third-order valence-corrected chi connectivity index (χ3v) is 7.93. The fourth-order valence-electron chi connectivity index (χ4n) is 4.21. The molecular weight excluding hydrogens is 462 g/mol. The van der Waals surface area contributed by atoms with Crippen LogP contribution in [0.2, 0.25) is 0 Å². The first kappa shape index (κ1) is 22.9. The summed E-state index contributed by atoms with van der Waals surface area (Å²) in [6.07, 6.45) is 2.03. The second-order valence-electron chi connectivity index (χ2n) is 8.23. The van der Waals surface area contributed by atoms with Gasteiger partial charge in [0.1, 0.15) is 0 Å². The summed E-state index contributed by atoms with van der Waals surface area (Å²) in [5.74, 6) is 0.433. The van der Waals surface area contributed by atoms with E-state index in [2.05, 4.69) is 10.6 Å². The molecule has 0 saturated carbocycles. The summed E-state index contributed by atoms with van der Waals surface area (Å²) < 4.78 is 49.6. The fraction of sp³-hybridized carbons (Fsp3) is 0.435. The molecule has 2 N–H and O–H groups in total. The average molecular weight is 490 g/mol. The normalized spacial score (nSPS) is 20.3. The smallest absolute Gasteiger partial charge is 0.259 e. The molecule has 3 heterocycles. The van der Waals surface area contributed by atoms with Gasteiger partial charge in [-0.15, -0.1) is 0 Å². The van der Waals surface area contributed by atoms with Crippen molar-refractivity contribution < 1.29 is 32.2 Å². The maximum Gasteiger partial charge on any atom is 0.259 e. The van der Waals surface area contributed by atoms with Crippen molar-refractivity contribution in [1.82, 2.24) is 4.31 Å². The zero-order valence-corrected chi connectivity index (χ0v) is 19.4. The van der Waals surface area contributed by atoms with Crippen LogP contribution in [0.15, 0.2) is 41.3 Å². The van der Waals surface area contributed by atoms with Crippen LogP contribution in [0.25, 0.3) is 0 Å². The summed E-state index contributed by atoms with van der Waals surface area (Å²) in [4.78, 5) is 13.3. The number of para-hydroxylation sites is 1. The largest absolute Gasteiger partial charge is 0.454 e. The summed E-state index contributed by atoms with van der Waals surface area (Å²) in [7, 11) is -3.74. The Hall–Kier alpha value is -2.86. The number of hydrogen-bond donors (Lipinski definition) is 2. The van der Waals surface area contributed by atoms with Gasteiger partial charge in [-0.25, -0.2) is 8.42 Å². The van der Waals surface area contributed by atoms with Crippen molar-refractivity contribution in [2.75, 3.05) is 56.9 Å². The first-order chi connectivity index (χ1) is 16.5. The summed E-state index contributed by atoms with van der Waals surface area (Å²) in [5.41, 5.74) is 1.27. The van der Waals surface area contributed by atoms with Crippen LogP contribution in [-0.2, 0) is 19.5 Å². The molecule has 1 amide bonds. The first-order valence-electron chi connectivity index (χ1n) is 11.3. The summed E-state index contributed by atoms with van der Waals surface area (Å²) in [6.45, 7) is 2.61. The molecule has 1 atom stereocenters. The Bertz CT molecular complexity index is 1160. The van der Waals surface area contributed by atoms with Crippen molar-refractivity contribution in [2.24, 2.45) is 0 Å². The van der Waals surface area contributed by atoms with Crippen LogP contribution < -0.4 is 20.1 Å². The van der Waals surface area contributed by atoms with Gasteiger partial charge in [0.15, 0.2) is 11.5 Å². The lowest BCUT2D eigenvalue weighted by atomic mass is 10.1. The Morgan fingerprint density at radius 1 is 1.06 bits per heavy atom. The predicted molar refractivity (Wildman–Crippen MR) is 124 cm³/mol. The topological polar surface area (TPSA) is 115 Å². The molecule has 0 aromatic heterocycles. The summed E-state index contributed by atoms with van der Waals surface area (Å²) in [5, 5.41) is 6.16. The molecule has 0 spiro atoms. The molecule has 2 aromatic rings. The van der Waals surface area contributed by atoms with E-state index in [1.807, 2.05) is 0 Å². The minimum Gasteiger partial charge on any atom is -0.454 e. The van der Waals surface area contributed by atoms with E-state index in [1.165, 1.54) is 10.4 Å². The molecule has 3 aliphatic rings. The minimum absolute atomic E-state index is 0.0428. The van der Waals surface area contributed by atoms with Crippen LogP contribution in [0.1, 0.15) is 23.2 Å². The zero-order chi connectivity index (χ0) is 23.5. The molecule has 1 unspecified atom stereocenters. The van der Waals surface area contributed by atoms with E-state index >= 15 is 0 Å². The molecule has 5 rings (SSSR count). The van der Waals surface area contributed by atoms with Gasteiger partial charge in [0.2, 0.25) is 16.8 Å². The van der Waals surface area contributed by atoms with E-state index in [4.69, 9.17) is 18.9 Å². The van der Waals surface area contributed by atoms with Gasteiger partial charge in [-0.3, -0.25) is 4.79 Å². The average Bonchev–Trinajstić information content (AvgIpc) is 3.55. The number of nitrogens with one attached hydrogen (secondary N) is 2. The van der Waals surface area contributed by atoms with Crippen LogP contribution in [0, 0.1) is 0 Å².